The molecule has 5 heteroatoms. The number of rotatable bonds is 4. The third-order valence-electron chi connectivity index (χ3n) is 3.47. The summed E-state index contributed by atoms with van der Waals surface area (Å²) >= 11 is 0. The first kappa shape index (κ1) is 16.1. The topological polar surface area (TPSA) is 46.5 Å². The van der Waals surface area contributed by atoms with Crippen molar-refractivity contribution in [1.29, 1.82) is 0 Å². The maximum absolute atomic E-state index is 13.7. The Bertz CT molecular complexity index is 679. The molecule has 0 saturated carbocycles. The summed E-state index contributed by atoms with van der Waals surface area (Å²) in [6.07, 6.45) is -0.187. The fraction of sp³-hybridized carbons (Fsp3) is 0.235. The van der Waals surface area contributed by atoms with Crippen molar-refractivity contribution in [1.82, 2.24) is 0 Å². The van der Waals surface area contributed by atoms with Crippen molar-refractivity contribution in [2.24, 2.45) is 0 Å². The molecule has 22 heavy (non-hydrogen) atoms. The van der Waals surface area contributed by atoms with Gasteiger partial charge in [-0.05, 0) is 30.2 Å². The number of halogens is 2. The van der Waals surface area contributed by atoms with E-state index in [2.05, 4.69) is 4.74 Å². The van der Waals surface area contributed by atoms with Gasteiger partial charge in [0, 0.05) is 11.6 Å². The zero-order chi connectivity index (χ0) is 16.3. The van der Waals surface area contributed by atoms with Crippen molar-refractivity contribution in [2.45, 2.75) is 18.9 Å². The van der Waals surface area contributed by atoms with Crippen LogP contribution in [0.2, 0.25) is 0 Å². The molecule has 0 radical (unpaired) electrons. The van der Waals surface area contributed by atoms with Crippen LogP contribution in [0.25, 0.3) is 11.1 Å². The van der Waals surface area contributed by atoms with Gasteiger partial charge in [-0.3, -0.25) is 4.79 Å². The molecule has 0 aliphatic heterocycles. The highest BCUT2D eigenvalue weighted by Gasteiger charge is 2.27. The second-order valence-corrected chi connectivity index (χ2v) is 5.23. The standard InChI is InChI=1S/C17H16F2O3/c1-17(21,10-16(20)22-2)12-5-3-11(4-6-12)14-8-7-13(18)9-15(14)19/h3-9,21H,10H2,1-2H3. The molecule has 2 aromatic rings. The minimum absolute atomic E-state index is 0.187. The number of ether oxygens (including phenoxy) is 1. The molecule has 0 fully saturated rings. The molecule has 1 atom stereocenters. The lowest BCUT2D eigenvalue weighted by molar-refractivity contribution is -0.145. The van der Waals surface area contributed by atoms with E-state index >= 15 is 0 Å². The lowest BCUT2D eigenvalue weighted by Crippen LogP contribution is -2.25. The summed E-state index contributed by atoms with van der Waals surface area (Å²) < 4.78 is 31.2. The Morgan fingerprint density at radius 3 is 2.36 bits per heavy atom. The van der Waals surface area contributed by atoms with E-state index in [1.165, 1.54) is 26.2 Å². The Morgan fingerprint density at radius 2 is 1.82 bits per heavy atom. The molecule has 0 saturated heterocycles. The van der Waals surface area contributed by atoms with Crippen molar-refractivity contribution in [3.8, 4) is 11.1 Å². The summed E-state index contributed by atoms with van der Waals surface area (Å²) in [7, 11) is 1.25. The van der Waals surface area contributed by atoms with Gasteiger partial charge < -0.3 is 9.84 Å². The summed E-state index contributed by atoms with van der Waals surface area (Å²) in [5.41, 5.74) is -0.0627. The molecular formula is C17H16F2O3. The van der Waals surface area contributed by atoms with Crippen molar-refractivity contribution in [3.63, 3.8) is 0 Å². The van der Waals surface area contributed by atoms with Crippen LogP contribution < -0.4 is 0 Å². The van der Waals surface area contributed by atoms with Crippen LogP contribution in [0, 0.1) is 11.6 Å². The van der Waals surface area contributed by atoms with E-state index < -0.39 is 23.2 Å². The molecule has 3 nitrogen and oxygen atoms in total. The summed E-state index contributed by atoms with van der Waals surface area (Å²) in [5.74, 6) is -1.83. The van der Waals surface area contributed by atoms with Crippen LogP contribution in [0.4, 0.5) is 8.78 Å². The van der Waals surface area contributed by atoms with Crippen LogP contribution in [0.15, 0.2) is 42.5 Å². The van der Waals surface area contributed by atoms with Gasteiger partial charge in [0.1, 0.15) is 11.6 Å². The van der Waals surface area contributed by atoms with Crippen molar-refractivity contribution < 1.29 is 23.4 Å². The Kier molecular flexibility index (Phi) is 4.56. The van der Waals surface area contributed by atoms with Gasteiger partial charge in [-0.1, -0.05) is 24.3 Å². The molecule has 0 spiro atoms. The second kappa shape index (κ2) is 6.23. The number of esters is 1. The lowest BCUT2D eigenvalue weighted by Gasteiger charge is -2.22. The largest absolute Gasteiger partial charge is 0.469 e. The maximum Gasteiger partial charge on any atom is 0.308 e. The van der Waals surface area contributed by atoms with Gasteiger partial charge in [-0.2, -0.15) is 0 Å². The van der Waals surface area contributed by atoms with Crippen molar-refractivity contribution in [3.05, 3.63) is 59.7 Å². The zero-order valence-corrected chi connectivity index (χ0v) is 12.3. The smallest absolute Gasteiger partial charge is 0.308 e. The van der Waals surface area contributed by atoms with Crippen molar-refractivity contribution in [2.75, 3.05) is 7.11 Å². The van der Waals surface area contributed by atoms with Crippen LogP contribution in [0.3, 0.4) is 0 Å². The summed E-state index contributed by atoms with van der Waals surface area (Å²) in [4.78, 5) is 11.3. The monoisotopic (exact) mass is 306 g/mol. The fourth-order valence-electron chi connectivity index (χ4n) is 2.19. The van der Waals surface area contributed by atoms with Crippen LogP contribution in [-0.4, -0.2) is 18.2 Å². The number of carbonyl (C=O) groups is 1. The van der Waals surface area contributed by atoms with Crippen molar-refractivity contribution >= 4 is 5.97 Å². The molecule has 2 rings (SSSR count). The lowest BCUT2D eigenvalue weighted by atomic mass is 9.91. The van der Waals surface area contributed by atoms with Crippen LogP contribution >= 0.6 is 0 Å². The minimum Gasteiger partial charge on any atom is -0.469 e. The second-order valence-electron chi connectivity index (χ2n) is 5.23. The molecule has 1 unspecified atom stereocenters. The van der Waals surface area contributed by atoms with Gasteiger partial charge in [-0.15, -0.1) is 0 Å². The predicted octanol–water partition coefficient (Wildman–Crippen LogP) is 3.40. The summed E-state index contributed by atoms with van der Waals surface area (Å²) in [6, 6.07) is 9.76. The highest BCUT2D eigenvalue weighted by molar-refractivity contribution is 5.71. The maximum atomic E-state index is 13.7. The molecule has 0 aliphatic rings. The number of hydrogen-bond donors (Lipinski definition) is 1. The molecule has 0 heterocycles. The molecule has 0 bridgehead atoms. The van der Waals surface area contributed by atoms with Gasteiger partial charge in [0.05, 0.1) is 19.1 Å². The predicted molar refractivity (Wildman–Crippen MR) is 78.0 cm³/mol. The number of benzene rings is 2. The van der Waals surface area contributed by atoms with E-state index in [1.54, 1.807) is 24.3 Å². The Hall–Kier alpha value is -2.27. The van der Waals surface area contributed by atoms with Gasteiger partial charge >= 0.3 is 5.97 Å². The first-order valence-corrected chi connectivity index (χ1v) is 6.68. The van der Waals surface area contributed by atoms with E-state index in [0.29, 0.717) is 11.1 Å². The number of carbonyl (C=O) groups excluding carboxylic acids is 1. The van der Waals surface area contributed by atoms with Gasteiger partial charge in [0.25, 0.3) is 0 Å². The quantitative estimate of drug-likeness (QED) is 0.881. The summed E-state index contributed by atoms with van der Waals surface area (Å²) in [6.45, 7) is 1.50. The summed E-state index contributed by atoms with van der Waals surface area (Å²) in [5, 5.41) is 10.3. The van der Waals surface area contributed by atoms with Crippen LogP contribution in [-0.2, 0) is 15.1 Å². The molecule has 0 amide bonds. The van der Waals surface area contributed by atoms with E-state index in [9.17, 15) is 18.7 Å². The van der Waals surface area contributed by atoms with Gasteiger partial charge in [0.15, 0.2) is 0 Å². The number of aliphatic hydroxyl groups is 1. The molecule has 0 aliphatic carbocycles. The zero-order valence-electron chi connectivity index (χ0n) is 12.3. The number of methoxy groups -OCH3 is 1. The van der Waals surface area contributed by atoms with Crippen LogP contribution in [0.5, 0.6) is 0 Å². The van der Waals surface area contributed by atoms with E-state index in [4.69, 9.17) is 0 Å². The highest BCUT2D eigenvalue weighted by Crippen LogP contribution is 2.29. The minimum atomic E-state index is -1.38. The Labute approximate surface area is 127 Å². The highest BCUT2D eigenvalue weighted by atomic mass is 19.1. The molecule has 0 aromatic heterocycles. The molecular weight excluding hydrogens is 290 g/mol. The van der Waals surface area contributed by atoms with E-state index in [1.807, 2.05) is 0 Å². The first-order chi connectivity index (χ1) is 10.3. The fourth-order valence-corrected chi connectivity index (χ4v) is 2.19. The average Bonchev–Trinajstić information content (AvgIpc) is 2.47. The Morgan fingerprint density at radius 1 is 1.18 bits per heavy atom. The van der Waals surface area contributed by atoms with Gasteiger partial charge in [-0.25, -0.2) is 8.78 Å². The van der Waals surface area contributed by atoms with Gasteiger partial charge in [0.2, 0.25) is 0 Å². The first-order valence-electron chi connectivity index (χ1n) is 6.68. The average molecular weight is 306 g/mol. The Balaban J connectivity index is 2.28. The van der Waals surface area contributed by atoms with E-state index in [-0.39, 0.29) is 12.0 Å². The molecule has 2 aromatic carbocycles. The molecule has 116 valence electrons. The van der Waals surface area contributed by atoms with E-state index in [0.717, 1.165) is 6.07 Å². The number of hydrogen-bond acceptors (Lipinski definition) is 3. The third-order valence-corrected chi connectivity index (χ3v) is 3.47. The SMILES string of the molecule is COC(=O)CC(C)(O)c1ccc(-c2ccc(F)cc2F)cc1. The molecule has 1 N–H and O–H groups in total. The normalized spacial score (nSPS) is 13.5. The third kappa shape index (κ3) is 3.49. The van der Waals surface area contributed by atoms with Crippen LogP contribution in [0.1, 0.15) is 18.9 Å².